The first-order chi connectivity index (χ1) is 15.5. The quantitative estimate of drug-likeness (QED) is 0.486. The van der Waals surface area contributed by atoms with E-state index in [1.54, 1.807) is 11.6 Å². The third kappa shape index (κ3) is 2.97. The Morgan fingerprint density at radius 1 is 1.28 bits per heavy atom. The molecule has 3 aliphatic rings. The summed E-state index contributed by atoms with van der Waals surface area (Å²) in [4.78, 5) is 20.5. The second-order valence-corrected chi connectivity index (χ2v) is 10.3. The van der Waals surface area contributed by atoms with Gasteiger partial charge in [0.2, 0.25) is 5.95 Å². The second kappa shape index (κ2) is 7.52. The van der Waals surface area contributed by atoms with E-state index in [4.69, 9.17) is 15.5 Å². The molecule has 2 saturated heterocycles. The van der Waals surface area contributed by atoms with Crippen molar-refractivity contribution in [2.24, 2.45) is 18.2 Å². The zero-order chi connectivity index (χ0) is 22.0. The summed E-state index contributed by atoms with van der Waals surface area (Å²) in [6, 6.07) is 2.03. The molecule has 0 radical (unpaired) electrons. The van der Waals surface area contributed by atoms with Gasteiger partial charge in [0.1, 0.15) is 9.09 Å². The number of hydrogen-bond donors (Lipinski definition) is 1. The summed E-state index contributed by atoms with van der Waals surface area (Å²) in [6.45, 7) is 3.18. The first kappa shape index (κ1) is 20.6. The van der Waals surface area contributed by atoms with Crippen LogP contribution in [0.1, 0.15) is 50.1 Å². The molecule has 0 bridgehead atoms. The van der Waals surface area contributed by atoms with Gasteiger partial charge >= 0.3 is 0 Å². The standard InChI is InChI=1S/C21H27IN8O2/c1-27-19(31)15-17(22)26-30(14-4-2-3-11-32-14)18(15)25-20(27)28-9-6-21(7-10-28)12-29-13(16(21)23)5-8-24-29/h5,8,14,16H,2-4,6-7,9-12,23H2,1H3/t14?,16-/m1/s1. The van der Waals surface area contributed by atoms with Crippen molar-refractivity contribution in [3.05, 3.63) is 32.0 Å². The number of aromatic nitrogens is 6. The van der Waals surface area contributed by atoms with Gasteiger partial charge in [-0.1, -0.05) is 0 Å². The minimum Gasteiger partial charge on any atom is -0.356 e. The van der Waals surface area contributed by atoms with E-state index in [-0.39, 0.29) is 23.2 Å². The number of anilines is 1. The Labute approximate surface area is 198 Å². The van der Waals surface area contributed by atoms with Crippen LogP contribution < -0.4 is 16.2 Å². The van der Waals surface area contributed by atoms with E-state index in [0.717, 1.165) is 57.4 Å². The molecule has 6 rings (SSSR count). The van der Waals surface area contributed by atoms with E-state index in [0.29, 0.717) is 27.3 Å². The maximum absolute atomic E-state index is 13.3. The number of piperidine rings is 1. The predicted octanol–water partition coefficient (Wildman–Crippen LogP) is 1.93. The van der Waals surface area contributed by atoms with Gasteiger partial charge in [-0.05, 0) is 60.8 Å². The van der Waals surface area contributed by atoms with Crippen molar-refractivity contribution < 1.29 is 4.74 Å². The summed E-state index contributed by atoms with van der Waals surface area (Å²) in [5.74, 6) is 0.690. The molecule has 1 spiro atoms. The first-order valence-electron chi connectivity index (χ1n) is 11.3. The molecular formula is C21H27IN8O2. The third-order valence-corrected chi connectivity index (χ3v) is 8.28. The highest BCUT2D eigenvalue weighted by Crippen LogP contribution is 2.47. The van der Waals surface area contributed by atoms with E-state index in [2.05, 4.69) is 37.7 Å². The molecule has 0 amide bonds. The fraction of sp³-hybridized carbons (Fsp3) is 0.619. The van der Waals surface area contributed by atoms with Gasteiger partial charge in [-0.3, -0.25) is 14.0 Å². The van der Waals surface area contributed by atoms with Crippen LogP contribution in [0.5, 0.6) is 0 Å². The molecule has 0 aliphatic carbocycles. The summed E-state index contributed by atoms with van der Waals surface area (Å²) >= 11 is 2.13. The highest BCUT2D eigenvalue weighted by molar-refractivity contribution is 14.1. The largest absolute Gasteiger partial charge is 0.356 e. The molecule has 2 atom stereocenters. The van der Waals surface area contributed by atoms with E-state index >= 15 is 0 Å². The van der Waals surface area contributed by atoms with Crippen LogP contribution in [-0.4, -0.2) is 48.8 Å². The lowest BCUT2D eigenvalue weighted by molar-refractivity contribution is -0.0372. The average molecular weight is 550 g/mol. The van der Waals surface area contributed by atoms with Crippen LogP contribution in [-0.2, 0) is 18.3 Å². The molecule has 11 heteroatoms. The smallest absolute Gasteiger partial charge is 0.266 e. The van der Waals surface area contributed by atoms with E-state index in [9.17, 15) is 4.79 Å². The molecule has 0 saturated carbocycles. The van der Waals surface area contributed by atoms with Gasteiger partial charge in [-0.2, -0.15) is 15.2 Å². The van der Waals surface area contributed by atoms with Crippen LogP contribution >= 0.6 is 22.6 Å². The van der Waals surface area contributed by atoms with Crippen LogP contribution in [0.3, 0.4) is 0 Å². The van der Waals surface area contributed by atoms with Crippen LogP contribution in [0.25, 0.3) is 11.0 Å². The summed E-state index contributed by atoms with van der Waals surface area (Å²) < 4.78 is 12.2. The van der Waals surface area contributed by atoms with Crippen LogP contribution in [0.15, 0.2) is 17.1 Å². The van der Waals surface area contributed by atoms with Crippen molar-refractivity contribution in [3.63, 3.8) is 0 Å². The Balaban J connectivity index is 1.33. The lowest BCUT2D eigenvalue weighted by Crippen LogP contribution is -2.46. The van der Waals surface area contributed by atoms with E-state index in [1.165, 1.54) is 0 Å². The predicted molar refractivity (Wildman–Crippen MR) is 127 cm³/mol. The monoisotopic (exact) mass is 550 g/mol. The zero-order valence-electron chi connectivity index (χ0n) is 18.1. The lowest BCUT2D eigenvalue weighted by atomic mass is 9.74. The Morgan fingerprint density at radius 3 is 2.81 bits per heavy atom. The van der Waals surface area contributed by atoms with Crippen LogP contribution in [0.2, 0.25) is 0 Å². The van der Waals surface area contributed by atoms with Gasteiger partial charge in [0.05, 0.1) is 11.7 Å². The van der Waals surface area contributed by atoms with Crippen molar-refractivity contribution >= 4 is 39.6 Å². The number of halogens is 1. The maximum atomic E-state index is 13.3. The fourth-order valence-corrected chi connectivity index (χ4v) is 6.29. The molecule has 10 nitrogen and oxygen atoms in total. The molecule has 1 unspecified atom stereocenters. The van der Waals surface area contributed by atoms with Crippen LogP contribution in [0.4, 0.5) is 5.95 Å². The highest BCUT2D eigenvalue weighted by Gasteiger charge is 2.47. The summed E-state index contributed by atoms with van der Waals surface area (Å²) in [5.41, 5.74) is 8.35. The fourth-order valence-electron chi connectivity index (χ4n) is 5.59. The highest BCUT2D eigenvalue weighted by atomic mass is 127. The molecule has 3 aromatic heterocycles. The van der Waals surface area contributed by atoms with E-state index < -0.39 is 0 Å². The molecule has 6 heterocycles. The van der Waals surface area contributed by atoms with Gasteiger partial charge < -0.3 is 15.4 Å². The molecule has 170 valence electrons. The summed E-state index contributed by atoms with van der Waals surface area (Å²) in [7, 11) is 1.80. The summed E-state index contributed by atoms with van der Waals surface area (Å²) in [6.07, 6.45) is 6.58. The minimum atomic E-state index is -0.161. The topological polar surface area (TPSA) is 109 Å². The van der Waals surface area contributed by atoms with Gasteiger partial charge in [0.15, 0.2) is 11.9 Å². The van der Waals surface area contributed by atoms with Crippen LogP contribution in [0, 0.1) is 9.12 Å². The Bertz CT molecular complexity index is 1230. The molecule has 2 N–H and O–H groups in total. The maximum Gasteiger partial charge on any atom is 0.266 e. The number of nitrogens with zero attached hydrogens (tertiary/aromatic N) is 7. The Kier molecular flexibility index (Phi) is 4.84. The van der Waals surface area contributed by atoms with Crippen molar-refractivity contribution in [2.45, 2.75) is 50.9 Å². The van der Waals surface area contributed by atoms with Crippen molar-refractivity contribution in [3.8, 4) is 0 Å². The van der Waals surface area contributed by atoms with Gasteiger partial charge in [-0.25, -0.2) is 4.68 Å². The Morgan fingerprint density at radius 2 is 2.09 bits per heavy atom. The Hall–Kier alpha value is -1.99. The normalized spacial score (nSPS) is 25.0. The van der Waals surface area contributed by atoms with Crippen molar-refractivity contribution in [1.82, 2.24) is 29.1 Å². The van der Waals surface area contributed by atoms with Crippen molar-refractivity contribution in [2.75, 3.05) is 24.6 Å². The van der Waals surface area contributed by atoms with Crippen molar-refractivity contribution in [1.29, 1.82) is 0 Å². The molecule has 2 fully saturated rings. The number of rotatable bonds is 2. The van der Waals surface area contributed by atoms with Gasteiger partial charge in [0, 0.05) is 44.9 Å². The number of nitrogens with two attached hydrogens (primary N) is 1. The zero-order valence-corrected chi connectivity index (χ0v) is 20.2. The minimum absolute atomic E-state index is 0.00197. The van der Waals surface area contributed by atoms with Gasteiger partial charge in [0.25, 0.3) is 5.56 Å². The average Bonchev–Trinajstić information content (AvgIpc) is 3.46. The molecule has 32 heavy (non-hydrogen) atoms. The number of fused-ring (bicyclic) bond motifs is 2. The molecule has 3 aromatic rings. The number of hydrogen-bond acceptors (Lipinski definition) is 7. The van der Waals surface area contributed by atoms with E-state index in [1.807, 2.05) is 21.6 Å². The number of ether oxygens (including phenoxy) is 1. The summed E-state index contributed by atoms with van der Waals surface area (Å²) in [5, 5.41) is 9.65. The molecule has 0 aromatic carbocycles. The first-order valence-corrected chi connectivity index (χ1v) is 12.3. The van der Waals surface area contributed by atoms with Gasteiger partial charge in [-0.15, -0.1) is 0 Å². The molecule has 3 aliphatic heterocycles. The SMILES string of the molecule is Cn1c(N2CCC3(CC2)Cn2nccc2[C@H]3N)nc2c(c(I)nn2C2CCCCO2)c1=O. The lowest BCUT2D eigenvalue weighted by Gasteiger charge is -2.41. The third-order valence-electron chi connectivity index (χ3n) is 7.53. The molecular weight excluding hydrogens is 523 g/mol. The second-order valence-electron chi connectivity index (χ2n) is 9.27.